The van der Waals surface area contributed by atoms with Gasteiger partial charge >= 0.3 is 0 Å². The van der Waals surface area contributed by atoms with Crippen LogP contribution in [0, 0.1) is 0 Å². The Balaban J connectivity index is 2.03. The van der Waals surface area contributed by atoms with Gasteiger partial charge in [0.15, 0.2) is 0 Å². The van der Waals surface area contributed by atoms with E-state index in [0.29, 0.717) is 10.5 Å². The summed E-state index contributed by atoms with van der Waals surface area (Å²) < 4.78 is 1.01. The number of halogens is 2. The predicted octanol–water partition coefficient (Wildman–Crippen LogP) is 4.21. The van der Waals surface area contributed by atoms with Gasteiger partial charge in [0.2, 0.25) is 0 Å². The second-order valence-electron chi connectivity index (χ2n) is 4.52. The molecule has 2 rings (SSSR count). The topological polar surface area (TPSA) is 26.0 Å². The van der Waals surface area contributed by atoms with Crippen molar-refractivity contribution in [2.75, 3.05) is 11.5 Å². The third-order valence-electron chi connectivity index (χ3n) is 3.13. The lowest BCUT2D eigenvalue weighted by Gasteiger charge is -2.32. The van der Waals surface area contributed by atoms with Crippen LogP contribution in [0.4, 0.5) is 0 Å². The van der Waals surface area contributed by atoms with E-state index in [4.69, 9.17) is 17.3 Å². The summed E-state index contributed by atoms with van der Waals surface area (Å²) in [6.45, 7) is 2.28. The van der Waals surface area contributed by atoms with E-state index in [9.17, 15) is 0 Å². The molecule has 1 aliphatic rings. The first-order chi connectivity index (χ1) is 8.58. The fraction of sp³-hybridized carbons (Fsp3) is 0.538. The number of benzene rings is 1. The molecule has 1 aromatic carbocycles. The molecule has 18 heavy (non-hydrogen) atoms. The molecule has 3 atom stereocenters. The highest BCUT2D eigenvalue weighted by molar-refractivity contribution is 9.10. The summed E-state index contributed by atoms with van der Waals surface area (Å²) in [7, 11) is 0. The summed E-state index contributed by atoms with van der Waals surface area (Å²) in [5.41, 5.74) is 7.52. The minimum atomic E-state index is 0.177. The van der Waals surface area contributed by atoms with Crippen molar-refractivity contribution in [1.82, 2.24) is 0 Å². The van der Waals surface area contributed by atoms with Crippen LogP contribution >= 0.6 is 51.1 Å². The van der Waals surface area contributed by atoms with Gasteiger partial charge in [0.05, 0.1) is 0 Å². The summed E-state index contributed by atoms with van der Waals surface area (Å²) in [4.78, 5) is 0. The summed E-state index contributed by atoms with van der Waals surface area (Å²) in [6, 6.07) is 6.21. The second-order valence-corrected chi connectivity index (χ2v) is 8.61. The summed E-state index contributed by atoms with van der Waals surface area (Å²) in [6.07, 6.45) is 0.856. The summed E-state index contributed by atoms with van der Waals surface area (Å²) in [5, 5.41) is 1.97. The number of hydrogen-bond acceptors (Lipinski definition) is 3. The summed E-state index contributed by atoms with van der Waals surface area (Å²) >= 11 is 13.7. The number of hydrogen-bond donors (Lipinski definition) is 1. The van der Waals surface area contributed by atoms with Gasteiger partial charge in [0.1, 0.15) is 0 Å². The molecule has 1 nitrogen and oxygen atoms in total. The zero-order valence-electron chi connectivity index (χ0n) is 10.2. The quantitative estimate of drug-likeness (QED) is 0.868. The van der Waals surface area contributed by atoms with Gasteiger partial charge in [-0.05, 0) is 24.1 Å². The van der Waals surface area contributed by atoms with Crippen molar-refractivity contribution in [3.8, 4) is 0 Å². The average molecular weight is 367 g/mol. The van der Waals surface area contributed by atoms with E-state index < -0.39 is 0 Å². The van der Waals surface area contributed by atoms with Gasteiger partial charge in [0, 0.05) is 37.5 Å². The minimum Gasteiger partial charge on any atom is -0.326 e. The van der Waals surface area contributed by atoms with Crippen molar-refractivity contribution in [1.29, 1.82) is 0 Å². The van der Waals surface area contributed by atoms with Gasteiger partial charge in [0.25, 0.3) is 0 Å². The van der Waals surface area contributed by atoms with Gasteiger partial charge in [-0.2, -0.15) is 23.5 Å². The molecule has 0 aromatic heterocycles. The van der Waals surface area contributed by atoms with Crippen LogP contribution in [0.25, 0.3) is 0 Å². The molecule has 1 aromatic rings. The zero-order chi connectivity index (χ0) is 13.1. The number of thioether (sulfide) groups is 2. The molecule has 1 saturated heterocycles. The van der Waals surface area contributed by atoms with Gasteiger partial charge in [-0.25, -0.2) is 0 Å². The van der Waals surface area contributed by atoms with Crippen LogP contribution in [0.1, 0.15) is 12.5 Å². The smallest absolute Gasteiger partial charge is 0.0449 e. The van der Waals surface area contributed by atoms with E-state index >= 15 is 0 Å². The van der Waals surface area contributed by atoms with Crippen LogP contribution in [0.3, 0.4) is 0 Å². The Hall–Kier alpha value is 0.650. The average Bonchev–Trinajstić information content (AvgIpc) is 2.33. The molecular formula is C13H17BrClNS2. The highest BCUT2D eigenvalue weighted by Gasteiger charge is 2.28. The standard InChI is InChI=1S/C13H17BrClNS2/c1-8-13(18-5-4-17-8)12(16)6-9-2-3-10(14)7-11(9)15/h2-3,7-8,12-13H,4-6,16H2,1H3. The Labute approximate surface area is 131 Å². The van der Waals surface area contributed by atoms with Crippen molar-refractivity contribution in [3.05, 3.63) is 33.3 Å². The molecule has 0 spiro atoms. The van der Waals surface area contributed by atoms with Crippen LogP contribution in [0.5, 0.6) is 0 Å². The fourth-order valence-corrected chi connectivity index (χ4v) is 5.82. The maximum atomic E-state index is 6.37. The van der Waals surface area contributed by atoms with Crippen LogP contribution in [0.15, 0.2) is 22.7 Å². The third kappa shape index (κ3) is 3.83. The third-order valence-corrected chi connectivity index (χ3v) is 7.25. The Bertz CT molecular complexity index is 416. The zero-order valence-corrected chi connectivity index (χ0v) is 14.2. The van der Waals surface area contributed by atoms with Crippen LogP contribution in [-0.4, -0.2) is 28.0 Å². The summed E-state index contributed by atoms with van der Waals surface area (Å²) in [5.74, 6) is 2.45. The van der Waals surface area contributed by atoms with Crippen LogP contribution in [0.2, 0.25) is 5.02 Å². The normalized spacial score (nSPS) is 26.0. The molecule has 0 aliphatic carbocycles. The molecule has 0 amide bonds. The van der Waals surface area contributed by atoms with E-state index in [1.165, 1.54) is 11.5 Å². The molecule has 0 bridgehead atoms. The lowest BCUT2D eigenvalue weighted by atomic mass is 10.0. The lowest BCUT2D eigenvalue weighted by molar-refractivity contribution is 0.622. The largest absolute Gasteiger partial charge is 0.326 e. The second kappa shape index (κ2) is 6.89. The van der Waals surface area contributed by atoms with Gasteiger partial charge in [-0.1, -0.05) is 40.5 Å². The first-order valence-electron chi connectivity index (χ1n) is 6.00. The Morgan fingerprint density at radius 2 is 2.17 bits per heavy atom. The van der Waals surface area contributed by atoms with Crippen molar-refractivity contribution in [2.45, 2.75) is 29.9 Å². The number of rotatable bonds is 3. The SMILES string of the molecule is CC1SCCSC1C(N)Cc1ccc(Br)cc1Cl. The fourth-order valence-electron chi connectivity index (χ4n) is 2.18. The van der Waals surface area contributed by atoms with Crippen LogP contribution < -0.4 is 5.73 Å². The Kier molecular flexibility index (Phi) is 5.76. The molecule has 0 radical (unpaired) electrons. The van der Waals surface area contributed by atoms with E-state index in [-0.39, 0.29) is 6.04 Å². The molecule has 100 valence electrons. The van der Waals surface area contributed by atoms with E-state index in [0.717, 1.165) is 21.5 Å². The van der Waals surface area contributed by atoms with Crippen molar-refractivity contribution in [2.24, 2.45) is 5.73 Å². The van der Waals surface area contributed by atoms with Crippen LogP contribution in [-0.2, 0) is 6.42 Å². The molecule has 3 unspecified atom stereocenters. The maximum absolute atomic E-state index is 6.37. The predicted molar refractivity (Wildman–Crippen MR) is 89.0 cm³/mol. The molecule has 1 heterocycles. The molecule has 0 saturated carbocycles. The monoisotopic (exact) mass is 365 g/mol. The lowest BCUT2D eigenvalue weighted by Crippen LogP contribution is -2.42. The highest BCUT2D eigenvalue weighted by atomic mass is 79.9. The molecular weight excluding hydrogens is 350 g/mol. The Morgan fingerprint density at radius 3 is 2.83 bits per heavy atom. The van der Waals surface area contributed by atoms with E-state index in [1.54, 1.807) is 0 Å². The molecule has 5 heteroatoms. The van der Waals surface area contributed by atoms with Gasteiger partial charge < -0.3 is 5.73 Å². The van der Waals surface area contributed by atoms with Crippen molar-refractivity contribution in [3.63, 3.8) is 0 Å². The first kappa shape index (κ1) is 15.0. The van der Waals surface area contributed by atoms with E-state index in [1.807, 2.05) is 35.7 Å². The molecule has 2 N–H and O–H groups in total. The first-order valence-corrected chi connectivity index (χ1v) is 9.27. The molecule has 1 fully saturated rings. The minimum absolute atomic E-state index is 0.177. The van der Waals surface area contributed by atoms with Crippen molar-refractivity contribution >= 4 is 51.1 Å². The van der Waals surface area contributed by atoms with Gasteiger partial charge in [-0.3, -0.25) is 0 Å². The van der Waals surface area contributed by atoms with Gasteiger partial charge in [-0.15, -0.1) is 0 Å². The van der Waals surface area contributed by atoms with E-state index in [2.05, 4.69) is 28.9 Å². The number of nitrogens with two attached hydrogens (primary N) is 1. The van der Waals surface area contributed by atoms with Crippen molar-refractivity contribution < 1.29 is 0 Å². The Morgan fingerprint density at radius 1 is 1.44 bits per heavy atom. The maximum Gasteiger partial charge on any atom is 0.0449 e. The molecule has 1 aliphatic heterocycles. The highest BCUT2D eigenvalue weighted by Crippen LogP contribution is 2.34.